The van der Waals surface area contributed by atoms with Gasteiger partial charge in [-0.05, 0) is 42.3 Å². The fourth-order valence-corrected chi connectivity index (χ4v) is 2.93. The maximum Gasteiger partial charge on any atom is 0.236 e. The summed E-state index contributed by atoms with van der Waals surface area (Å²) in [5.74, 6) is 1.85. The Hall–Kier alpha value is -2.88. The van der Waals surface area contributed by atoms with Crippen molar-refractivity contribution in [3.8, 4) is 17.6 Å². The summed E-state index contributed by atoms with van der Waals surface area (Å²) in [5, 5.41) is 13.3. The lowest BCUT2D eigenvalue weighted by atomic mass is 10.1. The van der Waals surface area contributed by atoms with Crippen molar-refractivity contribution in [3.05, 3.63) is 69.7 Å². The number of hydrogen-bond donors (Lipinski definition) is 1. The van der Waals surface area contributed by atoms with Crippen molar-refractivity contribution >= 4 is 29.1 Å². The molecule has 1 aromatic heterocycles. The first kappa shape index (κ1) is 19.9. The van der Waals surface area contributed by atoms with Gasteiger partial charge in [-0.25, -0.2) is 0 Å². The summed E-state index contributed by atoms with van der Waals surface area (Å²) in [5.41, 5.74) is 1.31. The first-order valence-corrected chi connectivity index (χ1v) is 9.19. The highest BCUT2D eigenvalue weighted by Gasteiger charge is 2.14. The van der Waals surface area contributed by atoms with E-state index in [0.717, 1.165) is 17.7 Å². The highest BCUT2D eigenvalue weighted by molar-refractivity contribution is 6.35. The number of methoxy groups -OCH3 is 1. The minimum Gasteiger partial charge on any atom is -0.497 e. The van der Waals surface area contributed by atoms with Crippen LogP contribution in [-0.2, 0) is 13.0 Å². The van der Waals surface area contributed by atoms with Crippen LogP contribution >= 0.6 is 23.2 Å². The molecule has 6 nitrogen and oxygen atoms in total. The molecule has 0 radical (unpaired) electrons. The molecule has 0 atom stereocenters. The Bertz CT molecular complexity index is 981. The van der Waals surface area contributed by atoms with Crippen molar-refractivity contribution in [1.29, 1.82) is 5.26 Å². The SMILES string of the molecule is COc1ccc(CCNc2oc(COc3ccc(Cl)cc3Cl)nc2C#N)cc1. The third-order valence-electron chi connectivity index (χ3n) is 3.88. The number of nitriles is 1. The van der Waals surface area contributed by atoms with Gasteiger partial charge in [-0.1, -0.05) is 35.3 Å². The smallest absolute Gasteiger partial charge is 0.236 e. The second-order valence-corrected chi connectivity index (χ2v) is 6.63. The van der Waals surface area contributed by atoms with Gasteiger partial charge in [0, 0.05) is 11.6 Å². The van der Waals surface area contributed by atoms with Gasteiger partial charge in [0.15, 0.2) is 6.61 Å². The molecule has 3 aromatic rings. The van der Waals surface area contributed by atoms with Crippen molar-refractivity contribution < 1.29 is 13.9 Å². The van der Waals surface area contributed by atoms with E-state index in [-0.39, 0.29) is 18.2 Å². The minimum atomic E-state index is 0.0379. The quantitative estimate of drug-likeness (QED) is 0.549. The average Bonchev–Trinajstić information content (AvgIpc) is 3.10. The molecule has 0 aliphatic heterocycles. The predicted molar refractivity (Wildman–Crippen MR) is 107 cm³/mol. The van der Waals surface area contributed by atoms with Crippen molar-refractivity contribution in [3.63, 3.8) is 0 Å². The number of rotatable bonds is 8. The molecule has 0 aliphatic carbocycles. The normalized spacial score (nSPS) is 10.4. The van der Waals surface area contributed by atoms with E-state index >= 15 is 0 Å². The summed E-state index contributed by atoms with van der Waals surface area (Å²) in [4.78, 5) is 4.14. The number of aromatic nitrogens is 1. The first-order valence-electron chi connectivity index (χ1n) is 8.43. The number of nitrogens with one attached hydrogen (secondary N) is 1. The highest BCUT2D eigenvalue weighted by atomic mass is 35.5. The Morgan fingerprint density at radius 3 is 2.64 bits per heavy atom. The van der Waals surface area contributed by atoms with Crippen LogP contribution in [0.5, 0.6) is 11.5 Å². The molecule has 0 saturated carbocycles. The van der Waals surface area contributed by atoms with Crippen LogP contribution in [0.3, 0.4) is 0 Å². The fraction of sp³-hybridized carbons (Fsp3) is 0.200. The van der Waals surface area contributed by atoms with Gasteiger partial charge in [-0.2, -0.15) is 10.2 Å². The lowest BCUT2D eigenvalue weighted by Crippen LogP contribution is -2.05. The van der Waals surface area contributed by atoms with Crippen molar-refractivity contribution in [1.82, 2.24) is 4.98 Å². The molecule has 144 valence electrons. The van der Waals surface area contributed by atoms with Crippen LogP contribution < -0.4 is 14.8 Å². The van der Waals surface area contributed by atoms with Gasteiger partial charge in [-0.3, -0.25) is 0 Å². The Morgan fingerprint density at radius 2 is 1.96 bits per heavy atom. The summed E-state index contributed by atoms with van der Waals surface area (Å²) in [7, 11) is 1.63. The molecule has 3 rings (SSSR count). The number of nitrogens with zero attached hydrogens (tertiary/aromatic N) is 2. The fourth-order valence-electron chi connectivity index (χ4n) is 2.47. The van der Waals surface area contributed by atoms with E-state index < -0.39 is 0 Å². The van der Waals surface area contributed by atoms with Crippen LogP contribution in [-0.4, -0.2) is 18.6 Å². The van der Waals surface area contributed by atoms with Crippen LogP contribution in [0.4, 0.5) is 5.88 Å². The van der Waals surface area contributed by atoms with E-state index in [2.05, 4.69) is 10.3 Å². The number of ether oxygens (including phenoxy) is 2. The molecule has 1 heterocycles. The zero-order chi connectivity index (χ0) is 19.9. The van der Waals surface area contributed by atoms with Gasteiger partial charge in [0.25, 0.3) is 0 Å². The Kier molecular flexibility index (Phi) is 6.64. The lowest BCUT2D eigenvalue weighted by molar-refractivity contribution is 0.265. The maximum atomic E-state index is 9.26. The molecule has 0 fully saturated rings. The van der Waals surface area contributed by atoms with E-state index in [4.69, 9.17) is 37.1 Å². The topological polar surface area (TPSA) is 80.3 Å². The van der Waals surface area contributed by atoms with Gasteiger partial charge >= 0.3 is 0 Å². The Labute approximate surface area is 172 Å². The zero-order valence-electron chi connectivity index (χ0n) is 15.0. The number of benzene rings is 2. The van der Waals surface area contributed by atoms with E-state index in [1.165, 1.54) is 0 Å². The van der Waals surface area contributed by atoms with Crippen molar-refractivity contribution in [2.45, 2.75) is 13.0 Å². The van der Waals surface area contributed by atoms with Crippen LogP contribution in [0.2, 0.25) is 10.0 Å². The molecule has 2 aromatic carbocycles. The zero-order valence-corrected chi connectivity index (χ0v) is 16.5. The lowest BCUT2D eigenvalue weighted by Gasteiger charge is -2.06. The molecule has 0 amide bonds. The van der Waals surface area contributed by atoms with E-state index in [0.29, 0.717) is 28.2 Å². The van der Waals surface area contributed by atoms with Crippen LogP contribution in [0, 0.1) is 11.3 Å². The molecule has 0 saturated heterocycles. The van der Waals surface area contributed by atoms with Gasteiger partial charge in [0.1, 0.15) is 17.6 Å². The van der Waals surface area contributed by atoms with Gasteiger partial charge in [-0.15, -0.1) is 0 Å². The minimum absolute atomic E-state index is 0.0379. The summed E-state index contributed by atoms with van der Waals surface area (Å²) in [6.07, 6.45) is 0.752. The molecule has 0 bridgehead atoms. The number of hydrogen-bond acceptors (Lipinski definition) is 6. The number of oxazole rings is 1. The summed E-state index contributed by atoms with van der Waals surface area (Å²) in [6, 6.07) is 14.7. The first-order chi connectivity index (χ1) is 13.6. The largest absolute Gasteiger partial charge is 0.497 e. The average molecular weight is 418 g/mol. The van der Waals surface area contributed by atoms with E-state index in [9.17, 15) is 5.26 Å². The summed E-state index contributed by atoms with van der Waals surface area (Å²) in [6.45, 7) is 0.621. The van der Waals surface area contributed by atoms with Gasteiger partial charge in [0.05, 0.1) is 12.1 Å². The number of anilines is 1. The number of halogens is 2. The third kappa shape index (κ3) is 5.10. The third-order valence-corrected chi connectivity index (χ3v) is 4.41. The molecule has 0 aliphatic rings. The van der Waals surface area contributed by atoms with Crippen molar-refractivity contribution in [2.75, 3.05) is 19.0 Å². The molecule has 0 unspecified atom stereocenters. The highest BCUT2D eigenvalue weighted by Crippen LogP contribution is 2.28. The molecule has 1 N–H and O–H groups in total. The van der Waals surface area contributed by atoms with E-state index in [1.807, 2.05) is 30.3 Å². The standard InChI is InChI=1S/C20H17Cl2N3O3/c1-26-15-5-2-13(3-6-15)8-9-24-20-17(11-23)25-19(28-20)12-27-18-7-4-14(21)10-16(18)22/h2-7,10,24H,8-9,12H2,1H3. The molecule has 8 heteroatoms. The van der Waals surface area contributed by atoms with Crippen LogP contribution in [0.1, 0.15) is 17.1 Å². The summed E-state index contributed by atoms with van der Waals surface area (Å²) >= 11 is 11.9. The summed E-state index contributed by atoms with van der Waals surface area (Å²) < 4.78 is 16.3. The molecular weight excluding hydrogens is 401 g/mol. The molecule has 0 spiro atoms. The molecular formula is C20H17Cl2N3O3. The van der Waals surface area contributed by atoms with Gasteiger partial charge < -0.3 is 19.2 Å². The Balaban J connectivity index is 1.58. The van der Waals surface area contributed by atoms with Crippen molar-refractivity contribution in [2.24, 2.45) is 0 Å². The van der Waals surface area contributed by atoms with Crippen LogP contribution in [0.25, 0.3) is 0 Å². The monoisotopic (exact) mass is 417 g/mol. The second kappa shape index (κ2) is 9.36. The second-order valence-electron chi connectivity index (χ2n) is 5.79. The molecule has 28 heavy (non-hydrogen) atoms. The predicted octanol–water partition coefficient (Wildman–Crippen LogP) is 5.10. The van der Waals surface area contributed by atoms with Gasteiger partial charge in [0.2, 0.25) is 17.5 Å². The maximum absolute atomic E-state index is 9.26. The Morgan fingerprint density at radius 1 is 1.18 bits per heavy atom. The van der Waals surface area contributed by atoms with Crippen LogP contribution in [0.15, 0.2) is 46.9 Å². The van der Waals surface area contributed by atoms with E-state index in [1.54, 1.807) is 25.3 Å².